The summed E-state index contributed by atoms with van der Waals surface area (Å²) >= 11 is 0. The van der Waals surface area contributed by atoms with Crippen LogP contribution in [0.4, 0.5) is 11.4 Å². The Kier molecular flexibility index (Phi) is 5.76. The molecule has 8 nitrogen and oxygen atoms in total. The van der Waals surface area contributed by atoms with Crippen LogP contribution in [0, 0.1) is 18.4 Å². The fraction of sp³-hybridized carbons (Fsp3) is 0.536. The first-order valence-electron chi connectivity index (χ1n) is 12.7. The Morgan fingerprint density at radius 3 is 2.30 bits per heavy atom. The molecule has 2 bridgehead atoms. The van der Waals surface area contributed by atoms with Crippen LogP contribution in [0.3, 0.4) is 0 Å². The highest BCUT2D eigenvalue weighted by atomic mass is 28.4. The third kappa shape index (κ3) is 3.40. The highest BCUT2D eigenvalue weighted by Gasteiger charge is 2.80. The summed E-state index contributed by atoms with van der Waals surface area (Å²) in [5, 5.41) is 23.5. The number of benzene rings is 2. The molecule has 0 radical (unpaired) electrons. The summed E-state index contributed by atoms with van der Waals surface area (Å²) in [5.41, 5.74) is -2.02. The van der Waals surface area contributed by atoms with Gasteiger partial charge in [0.15, 0.2) is 14.0 Å². The number of hydrogen-bond donors (Lipinski definition) is 2. The standard InChI is InChI=1S/C28H34N2O6Si/c1-26(2,3)37(6,7)35-15-14-28-21-20(27(4,36-28)22(31)23(28)32)24(33)30(25(21)34)19-13-12-18(29-5)16-10-8-9-11-17(16)19/h8-13,20-23,31-32H,14-15H2,1-4,6-7H3/t20-,21+,22-,23+,27?,28?/m1/s1. The number of hydrogen-bond acceptors (Lipinski definition) is 6. The quantitative estimate of drug-likeness (QED) is 0.347. The van der Waals surface area contributed by atoms with Crippen molar-refractivity contribution in [1.29, 1.82) is 0 Å². The Hall–Kier alpha value is -2.61. The molecular formula is C28H34N2O6Si. The molecule has 2 aromatic carbocycles. The lowest BCUT2D eigenvalue weighted by Gasteiger charge is -2.40. The van der Waals surface area contributed by atoms with Gasteiger partial charge in [-0.15, -0.1) is 0 Å². The van der Waals surface area contributed by atoms with E-state index in [1.54, 1.807) is 37.3 Å². The predicted octanol–water partition coefficient (Wildman–Crippen LogP) is 4.17. The van der Waals surface area contributed by atoms with E-state index in [9.17, 15) is 19.8 Å². The van der Waals surface area contributed by atoms with Gasteiger partial charge in [-0.1, -0.05) is 51.1 Å². The molecule has 2 amide bonds. The molecule has 3 aliphatic heterocycles. The summed E-state index contributed by atoms with van der Waals surface area (Å²) in [4.78, 5) is 32.7. The first-order chi connectivity index (χ1) is 17.2. The van der Waals surface area contributed by atoms with E-state index >= 15 is 0 Å². The summed E-state index contributed by atoms with van der Waals surface area (Å²) in [6.45, 7) is 20.0. The van der Waals surface area contributed by atoms with Crippen LogP contribution in [0.5, 0.6) is 0 Å². The summed E-state index contributed by atoms with van der Waals surface area (Å²) in [7, 11) is -2.12. The average molecular weight is 523 g/mol. The van der Waals surface area contributed by atoms with Crippen molar-refractivity contribution >= 4 is 42.3 Å². The second-order valence-electron chi connectivity index (χ2n) is 12.2. The zero-order valence-electron chi connectivity index (χ0n) is 22.1. The molecular weight excluding hydrogens is 488 g/mol. The van der Waals surface area contributed by atoms with Crippen molar-refractivity contribution in [3.63, 3.8) is 0 Å². The number of imide groups is 1. The number of rotatable bonds is 5. The Bertz CT molecular complexity index is 1350. The minimum Gasteiger partial charge on any atom is -0.417 e. The fourth-order valence-corrected chi connectivity index (χ4v) is 7.22. The number of ether oxygens (including phenoxy) is 1. The summed E-state index contributed by atoms with van der Waals surface area (Å²) in [6.07, 6.45) is -2.47. The molecule has 0 saturated carbocycles. The van der Waals surface area contributed by atoms with Crippen LogP contribution in [0.15, 0.2) is 36.4 Å². The molecule has 2 aromatic rings. The van der Waals surface area contributed by atoms with Crippen LogP contribution in [0.1, 0.15) is 34.1 Å². The first-order valence-corrected chi connectivity index (χ1v) is 15.6. The first kappa shape index (κ1) is 26.0. The SMILES string of the molecule is [C-]#[N+]c1ccc(N2C(=O)[C@@H]3[C@H](C2=O)C2(C)OC3(CCO[Si](C)(C)C(C)(C)C)[C@@H](O)[C@H]2O)c2ccccc12. The normalized spacial score (nSPS) is 33.3. The summed E-state index contributed by atoms with van der Waals surface area (Å²) in [6, 6.07) is 10.4. The van der Waals surface area contributed by atoms with Crippen molar-refractivity contribution < 1.29 is 29.0 Å². The zero-order valence-corrected chi connectivity index (χ0v) is 23.1. The third-order valence-electron chi connectivity index (χ3n) is 9.25. The van der Waals surface area contributed by atoms with Gasteiger partial charge in [0, 0.05) is 13.0 Å². The number of nitrogens with zero attached hydrogens (tertiary/aromatic N) is 2. The number of aliphatic hydroxyl groups excluding tert-OH is 2. The van der Waals surface area contributed by atoms with Crippen LogP contribution in [0.25, 0.3) is 15.6 Å². The maximum absolute atomic E-state index is 14.0. The maximum atomic E-state index is 14.0. The van der Waals surface area contributed by atoms with E-state index < -0.39 is 55.4 Å². The van der Waals surface area contributed by atoms with E-state index in [1.807, 2.05) is 6.07 Å². The molecule has 3 aliphatic rings. The molecule has 9 heteroatoms. The van der Waals surface area contributed by atoms with E-state index in [2.05, 4.69) is 38.7 Å². The minimum atomic E-state index is -2.12. The predicted molar refractivity (Wildman–Crippen MR) is 142 cm³/mol. The van der Waals surface area contributed by atoms with E-state index in [0.717, 1.165) is 0 Å². The van der Waals surface area contributed by atoms with Crippen molar-refractivity contribution in [2.24, 2.45) is 11.8 Å². The molecule has 6 atom stereocenters. The largest absolute Gasteiger partial charge is 0.417 e. The monoisotopic (exact) mass is 522 g/mol. The van der Waals surface area contributed by atoms with E-state index in [-0.39, 0.29) is 18.1 Å². The molecule has 5 rings (SSSR count). The Morgan fingerprint density at radius 1 is 1.05 bits per heavy atom. The smallest absolute Gasteiger partial charge is 0.240 e. The van der Waals surface area contributed by atoms with Gasteiger partial charge in [0.25, 0.3) is 0 Å². The average Bonchev–Trinajstić information content (AvgIpc) is 3.34. The number of aliphatic hydroxyl groups is 2. The van der Waals surface area contributed by atoms with Crippen LogP contribution in [0.2, 0.25) is 18.1 Å². The molecule has 3 saturated heterocycles. The Morgan fingerprint density at radius 2 is 1.68 bits per heavy atom. The van der Waals surface area contributed by atoms with Crippen LogP contribution >= 0.6 is 0 Å². The summed E-state index contributed by atoms with van der Waals surface area (Å²) < 4.78 is 12.7. The molecule has 196 valence electrons. The highest BCUT2D eigenvalue weighted by Crippen LogP contribution is 2.62. The topological polar surface area (TPSA) is 101 Å². The van der Waals surface area contributed by atoms with Gasteiger partial charge < -0.3 is 19.4 Å². The van der Waals surface area contributed by atoms with Crippen molar-refractivity contribution in [2.75, 3.05) is 11.5 Å². The number of anilines is 1. The van der Waals surface area contributed by atoms with Crippen molar-refractivity contribution in [3.8, 4) is 0 Å². The third-order valence-corrected chi connectivity index (χ3v) is 13.8. The van der Waals surface area contributed by atoms with Crippen molar-refractivity contribution in [3.05, 3.63) is 47.8 Å². The van der Waals surface area contributed by atoms with Gasteiger partial charge in [0.05, 0.1) is 24.1 Å². The lowest BCUT2D eigenvalue weighted by atomic mass is 9.64. The molecule has 2 N–H and O–H groups in total. The molecule has 3 heterocycles. The number of amides is 2. The molecule has 0 aromatic heterocycles. The van der Waals surface area contributed by atoms with Gasteiger partial charge >= 0.3 is 0 Å². The Labute approximate surface area is 218 Å². The van der Waals surface area contributed by atoms with Gasteiger partial charge in [-0.2, -0.15) is 0 Å². The second-order valence-corrected chi connectivity index (χ2v) is 17.0. The summed E-state index contributed by atoms with van der Waals surface area (Å²) in [5.74, 6) is -2.81. The van der Waals surface area contributed by atoms with Crippen molar-refractivity contribution in [1.82, 2.24) is 0 Å². The molecule has 3 fully saturated rings. The van der Waals surface area contributed by atoms with E-state index in [4.69, 9.17) is 15.7 Å². The number of carbonyl (C=O) groups is 2. The Balaban J connectivity index is 1.55. The number of carbonyl (C=O) groups excluding carboxylic acids is 2. The van der Waals surface area contributed by atoms with Gasteiger partial charge in [-0.25, -0.2) is 9.74 Å². The van der Waals surface area contributed by atoms with Crippen LogP contribution in [-0.4, -0.2) is 60.4 Å². The molecule has 0 spiro atoms. The second kappa shape index (κ2) is 8.19. The van der Waals surface area contributed by atoms with Gasteiger partial charge in [-0.05, 0) is 41.9 Å². The van der Waals surface area contributed by atoms with Gasteiger partial charge in [-0.3, -0.25) is 9.59 Å². The molecule has 0 aliphatic carbocycles. The maximum Gasteiger partial charge on any atom is 0.240 e. The van der Waals surface area contributed by atoms with Crippen LogP contribution < -0.4 is 4.90 Å². The van der Waals surface area contributed by atoms with Gasteiger partial charge in [0.2, 0.25) is 11.8 Å². The van der Waals surface area contributed by atoms with Crippen molar-refractivity contribution in [2.45, 2.75) is 75.7 Å². The van der Waals surface area contributed by atoms with E-state index in [1.165, 1.54) is 4.90 Å². The van der Waals surface area contributed by atoms with Gasteiger partial charge in [0.1, 0.15) is 23.4 Å². The minimum absolute atomic E-state index is 0.0272. The fourth-order valence-electron chi connectivity index (χ4n) is 6.18. The lowest BCUT2D eigenvalue weighted by Crippen LogP contribution is -2.58. The lowest BCUT2D eigenvalue weighted by molar-refractivity contribution is -0.137. The van der Waals surface area contributed by atoms with Crippen LogP contribution in [-0.2, 0) is 18.8 Å². The zero-order chi connectivity index (χ0) is 27.1. The van der Waals surface area contributed by atoms with E-state index in [0.29, 0.717) is 22.1 Å². The molecule has 2 unspecified atom stereocenters. The molecule has 37 heavy (non-hydrogen) atoms. The number of fused-ring (bicyclic) bond motifs is 6. The highest BCUT2D eigenvalue weighted by molar-refractivity contribution is 6.74.